The van der Waals surface area contributed by atoms with Crippen LogP contribution >= 0.6 is 12.2 Å². The Labute approximate surface area is 116 Å². The van der Waals surface area contributed by atoms with Gasteiger partial charge in [0.2, 0.25) is 0 Å². The van der Waals surface area contributed by atoms with E-state index in [0.29, 0.717) is 5.11 Å². The number of hydrogen-bond donors (Lipinski definition) is 2. The fraction of sp³-hybridized carbons (Fsp3) is 0.500. The second kappa shape index (κ2) is 8.89. The fourth-order valence-corrected chi connectivity index (χ4v) is 1.96. The normalized spacial score (nSPS) is 10.4. The van der Waals surface area contributed by atoms with Crippen LogP contribution < -0.4 is 10.6 Å². The topological polar surface area (TPSA) is 27.3 Å². The third-order valence-electron chi connectivity index (χ3n) is 2.86. The van der Waals surface area contributed by atoms with Crippen molar-refractivity contribution in [2.45, 2.75) is 20.3 Å². The van der Waals surface area contributed by atoms with Crippen LogP contribution in [0.2, 0.25) is 0 Å². The number of nitrogens with one attached hydrogen (secondary N) is 2. The maximum atomic E-state index is 5.24. The van der Waals surface area contributed by atoms with Crippen LogP contribution in [0.25, 0.3) is 0 Å². The number of thiocarbonyl (C=S) groups is 1. The van der Waals surface area contributed by atoms with Gasteiger partial charge in [-0.3, -0.25) is 0 Å². The van der Waals surface area contributed by atoms with Crippen molar-refractivity contribution in [1.82, 2.24) is 10.2 Å². The Bertz CT molecular complexity index is 336. The number of para-hydroxylation sites is 1. The van der Waals surface area contributed by atoms with Gasteiger partial charge in [0.25, 0.3) is 0 Å². The van der Waals surface area contributed by atoms with Gasteiger partial charge < -0.3 is 15.5 Å². The minimum atomic E-state index is 0.695. The minimum absolute atomic E-state index is 0.695. The molecule has 0 saturated heterocycles. The molecule has 18 heavy (non-hydrogen) atoms. The van der Waals surface area contributed by atoms with E-state index < -0.39 is 0 Å². The molecule has 0 heterocycles. The number of hydrogen-bond acceptors (Lipinski definition) is 2. The van der Waals surface area contributed by atoms with Gasteiger partial charge in [-0.2, -0.15) is 0 Å². The van der Waals surface area contributed by atoms with Crippen molar-refractivity contribution < 1.29 is 0 Å². The van der Waals surface area contributed by atoms with Crippen molar-refractivity contribution in [3.8, 4) is 0 Å². The summed E-state index contributed by atoms with van der Waals surface area (Å²) in [5, 5.41) is 7.09. The molecule has 0 amide bonds. The summed E-state index contributed by atoms with van der Waals surface area (Å²) in [4.78, 5) is 2.41. The van der Waals surface area contributed by atoms with Crippen molar-refractivity contribution in [2.75, 3.05) is 31.5 Å². The van der Waals surface area contributed by atoms with E-state index >= 15 is 0 Å². The first-order chi connectivity index (χ1) is 8.76. The Morgan fingerprint density at radius 3 is 2.44 bits per heavy atom. The molecule has 0 radical (unpaired) electrons. The van der Waals surface area contributed by atoms with Crippen molar-refractivity contribution in [3.63, 3.8) is 0 Å². The molecule has 1 aromatic rings. The maximum Gasteiger partial charge on any atom is 0.170 e. The van der Waals surface area contributed by atoms with Gasteiger partial charge in [0, 0.05) is 12.2 Å². The zero-order chi connectivity index (χ0) is 13.2. The first kappa shape index (κ1) is 14.9. The molecular weight excluding hydrogens is 242 g/mol. The van der Waals surface area contributed by atoms with Crippen LogP contribution in [0.4, 0.5) is 5.69 Å². The third kappa shape index (κ3) is 5.98. The van der Waals surface area contributed by atoms with E-state index in [1.807, 2.05) is 30.3 Å². The summed E-state index contributed by atoms with van der Waals surface area (Å²) in [5.41, 5.74) is 1.03. The number of anilines is 1. The fourth-order valence-electron chi connectivity index (χ4n) is 1.74. The molecule has 0 aliphatic heterocycles. The summed E-state index contributed by atoms with van der Waals surface area (Å²) < 4.78 is 0. The highest BCUT2D eigenvalue weighted by atomic mass is 32.1. The summed E-state index contributed by atoms with van der Waals surface area (Å²) in [5.74, 6) is 0. The van der Waals surface area contributed by atoms with Gasteiger partial charge in [0.15, 0.2) is 5.11 Å². The van der Waals surface area contributed by atoms with E-state index in [-0.39, 0.29) is 0 Å². The number of rotatable bonds is 7. The Hall–Kier alpha value is -1.13. The van der Waals surface area contributed by atoms with Crippen LogP contribution in [0, 0.1) is 0 Å². The lowest BCUT2D eigenvalue weighted by Gasteiger charge is -2.18. The molecule has 0 aromatic heterocycles. The van der Waals surface area contributed by atoms with Crippen LogP contribution in [-0.2, 0) is 0 Å². The standard InChI is InChI=1S/C14H23N3S/c1-3-17(4-2)12-8-11-15-14(18)16-13-9-6-5-7-10-13/h5-7,9-10H,3-4,8,11-12H2,1-2H3,(H2,15,16,18). The van der Waals surface area contributed by atoms with E-state index in [2.05, 4.69) is 29.4 Å². The second-order valence-corrected chi connectivity index (χ2v) is 4.54. The van der Waals surface area contributed by atoms with E-state index in [0.717, 1.165) is 38.3 Å². The quantitative estimate of drug-likeness (QED) is 0.585. The average Bonchev–Trinajstić information content (AvgIpc) is 2.40. The Balaban J connectivity index is 2.14. The maximum absolute atomic E-state index is 5.24. The minimum Gasteiger partial charge on any atom is -0.362 e. The van der Waals surface area contributed by atoms with Crippen molar-refractivity contribution in [3.05, 3.63) is 30.3 Å². The van der Waals surface area contributed by atoms with Crippen LogP contribution in [0.3, 0.4) is 0 Å². The molecule has 0 spiro atoms. The monoisotopic (exact) mass is 265 g/mol. The van der Waals surface area contributed by atoms with E-state index in [4.69, 9.17) is 12.2 Å². The molecule has 0 aliphatic rings. The van der Waals surface area contributed by atoms with Crippen molar-refractivity contribution in [1.29, 1.82) is 0 Å². The average molecular weight is 265 g/mol. The Morgan fingerprint density at radius 1 is 1.17 bits per heavy atom. The first-order valence-corrected chi connectivity index (χ1v) is 6.99. The van der Waals surface area contributed by atoms with Gasteiger partial charge >= 0.3 is 0 Å². The smallest absolute Gasteiger partial charge is 0.170 e. The highest BCUT2D eigenvalue weighted by Gasteiger charge is 1.99. The predicted molar refractivity (Wildman–Crippen MR) is 83.1 cm³/mol. The molecule has 100 valence electrons. The lowest BCUT2D eigenvalue weighted by molar-refractivity contribution is 0.300. The molecule has 1 aromatic carbocycles. The third-order valence-corrected chi connectivity index (χ3v) is 3.11. The van der Waals surface area contributed by atoms with E-state index in [1.165, 1.54) is 0 Å². The molecule has 0 unspecified atom stereocenters. The molecule has 0 saturated carbocycles. The van der Waals surface area contributed by atoms with Crippen LogP contribution in [0.15, 0.2) is 30.3 Å². The summed E-state index contributed by atoms with van der Waals surface area (Å²) in [7, 11) is 0. The van der Waals surface area contributed by atoms with Crippen LogP contribution in [0.1, 0.15) is 20.3 Å². The molecular formula is C14H23N3S. The zero-order valence-electron chi connectivity index (χ0n) is 11.3. The molecule has 0 fully saturated rings. The molecule has 0 bridgehead atoms. The van der Waals surface area contributed by atoms with Gasteiger partial charge in [-0.25, -0.2) is 0 Å². The molecule has 3 nitrogen and oxygen atoms in total. The number of nitrogens with zero attached hydrogens (tertiary/aromatic N) is 1. The van der Waals surface area contributed by atoms with Crippen LogP contribution in [0.5, 0.6) is 0 Å². The second-order valence-electron chi connectivity index (χ2n) is 4.13. The van der Waals surface area contributed by atoms with Gasteiger partial charge in [-0.15, -0.1) is 0 Å². The highest BCUT2D eigenvalue weighted by Crippen LogP contribution is 2.04. The SMILES string of the molecule is CCN(CC)CCCNC(=S)Nc1ccccc1. The summed E-state index contributed by atoms with van der Waals surface area (Å²) in [6, 6.07) is 9.98. The zero-order valence-corrected chi connectivity index (χ0v) is 12.1. The summed E-state index contributed by atoms with van der Waals surface area (Å²) in [6.07, 6.45) is 1.11. The molecule has 2 N–H and O–H groups in total. The largest absolute Gasteiger partial charge is 0.362 e. The molecule has 4 heteroatoms. The van der Waals surface area contributed by atoms with Gasteiger partial charge in [0.1, 0.15) is 0 Å². The molecule has 0 atom stereocenters. The summed E-state index contributed by atoms with van der Waals surface area (Å²) >= 11 is 5.24. The Kier molecular flexibility index (Phi) is 7.37. The lowest BCUT2D eigenvalue weighted by atomic mass is 10.3. The molecule has 1 rings (SSSR count). The predicted octanol–water partition coefficient (Wildman–Crippen LogP) is 2.70. The van der Waals surface area contributed by atoms with Gasteiger partial charge in [0.05, 0.1) is 0 Å². The van der Waals surface area contributed by atoms with E-state index in [9.17, 15) is 0 Å². The summed E-state index contributed by atoms with van der Waals surface area (Å²) in [6.45, 7) is 8.65. The van der Waals surface area contributed by atoms with Gasteiger partial charge in [-0.1, -0.05) is 32.0 Å². The van der Waals surface area contributed by atoms with Crippen molar-refractivity contribution in [2.24, 2.45) is 0 Å². The highest BCUT2D eigenvalue weighted by molar-refractivity contribution is 7.80. The van der Waals surface area contributed by atoms with E-state index in [1.54, 1.807) is 0 Å². The van der Waals surface area contributed by atoms with Crippen LogP contribution in [-0.4, -0.2) is 36.2 Å². The van der Waals surface area contributed by atoms with Crippen molar-refractivity contribution >= 4 is 23.0 Å². The Morgan fingerprint density at radius 2 is 1.83 bits per heavy atom. The van der Waals surface area contributed by atoms with Gasteiger partial charge in [-0.05, 0) is 50.4 Å². The number of benzene rings is 1. The lowest BCUT2D eigenvalue weighted by Crippen LogP contribution is -2.32. The molecule has 0 aliphatic carbocycles. The first-order valence-electron chi connectivity index (χ1n) is 6.58.